The highest BCUT2D eigenvalue weighted by Gasteiger charge is 2.24. The Balaban J connectivity index is 0.00000274. The predicted molar refractivity (Wildman–Crippen MR) is 135 cm³/mol. The first kappa shape index (κ1) is 23.4. The smallest absolute Gasteiger partial charge is 0.282 e. The molecule has 9 heteroatoms. The van der Waals surface area contributed by atoms with Gasteiger partial charge in [-0.25, -0.2) is 4.68 Å². The third-order valence-electron chi connectivity index (χ3n) is 5.34. The molecule has 0 saturated carbocycles. The Kier molecular flexibility index (Phi) is 6.93. The quantitative estimate of drug-likeness (QED) is 0.236. The third-order valence-corrected chi connectivity index (χ3v) is 6.93. The fourth-order valence-corrected chi connectivity index (χ4v) is 4.84. The molecule has 34 heavy (non-hydrogen) atoms. The van der Waals surface area contributed by atoms with Crippen molar-refractivity contribution in [1.82, 2.24) is 26.1 Å². The molecule has 7 nitrogen and oxygen atoms in total. The van der Waals surface area contributed by atoms with Gasteiger partial charge >= 0.3 is 0 Å². The lowest BCUT2D eigenvalue weighted by molar-refractivity contribution is 0.384. The van der Waals surface area contributed by atoms with Crippen molar-refractivity contribution in [2.24, 2.45) is 0 Å². The maximum absolute atomic E-state index is 12.8. The number of aromatic amines is 2. The van der Waals surface area contributed by atoms with Gasteiger partial charge in [0.1, 0.15) is 10.9 Å². The molecule has 0 aliphatic heterocycles. The summed E-state index contributed by atoms with van der Waals surface area (Å²) in [6.07, 6.45) is 3.59. The van der Waals surface area contributed by atoms with Crippen molar-refractivity contribution in [1.29, 1.82) is 0 Å². The van der Waals surface area contributed by atoms with Gasteiger partial charge in [0.25, 0.3) is 5.56 Å². The molecule has 0 fully saturated rings. The molecule has 0 radical (unpaired) electrons. The summed E-state index contributed by atoms with van der Waals surface area (Å²) in [5.41, 5.74) is 3.44. The van der Waals surface area contributed by atoms with Gasteiger partial charge in [0.15, 0.2) is 0 Å². The number of hydrogen-bond donors (Lipinski definition) is 4. The Hall–Kier alpha value is -3.72. The second kappa shape index (κ2) is 10.0. The minimum atomic E-state index is -0.433. The largest absolute Gasteiger partial charge is 0.493 e. The number of rotatable bonds is 6. The second-order valence-corrected chi connectivity index (χ2v) is 8.88. The van der Waals surface area contributed by atoms with Crippen LogP contribution in [-0.2, 0) is 0 Å². The summed E-state index contributed by atoms with van der Waals surface area (Å²) < 4.78 is 1.50. The average Bonchev–Trinajstić information content (AvgIpc) is 3.47. The van der Waals surface area contributed by atoms with Crippen LogP contribution in [-0.4, -0.2) is 25.1 Å². The second-order valence-electron chi connectivity index (χ2n) is 7.42. The number of aromatic nitrogens is 4. The summed E-state index contributed by atoms with van der Waals surface area (Å²) in [6.45, 7) is 0. The lowest BCUT2D eigenvalue weighted by Crippen LogP contribution is -2.16. The van der Waals surface area contributed by atoms with Gasteiger partial charge in [-0.2, -0.15) is 5.10 Å². The molecule has 1 unspecified atom stereocenters. The van der Waals surface area contributed by atoms with Crippen molar-refractivity contribution in [3.05, 3.63) is 118 Å². The number of benzene rings is 3. The van der Waals surface area contributed by atoms with E-state index in [0.29, 0.717) is 9.92 Å². The lowest BCUT2D eigenvalue weighted by Gasteiger charge is -2.20. The lowest BCUT2D eigenvalue weighted by atomic mass is 9.97. The molecule has 2 aromatic heterocycles. The molecule has 0 amide bonds. The van der Waals surface area contributed by atoms with Gasteiger partial charge in [-0.1, -0.05) is 90.1 Å². The monoisotopic (exact) mass is 491 g/mol. The summed E-state index contributed by atoms with van der Waals surface area (Å²) in [5.74, 6) is -0.141. The van der Waals surface area contributed by atoms with E-state index in [4.69, 9.17) is 11.6 Å². The average molecular weight is 492 g/mol. The number of aromatic hydroxyl groups is 1. The summed E-state index contributed by atoms with van der Waals surface area (Å²) in [5, 5.41) is 21.3. The number of H-pyrrole nitrogens is 2. The molecule has 0 spiro atoms. The number of nitrogens with one attached hydrogen (secondary N) is 2. The van der Waals surface area contributed by atoms with Crippen LogP contribution in [0, 0.1) is 0 Å². The van der Waals surface area contributed by atoms with Crippen LogP contribution < -0.4 is 11.7 Å². The van der Waals surface area contributed by atoms with E-state index in [9.17, 15) is 9.90 Å². The van der Waals surface area contributed by atoms with Crippen LogP contribution in [0.3, 0.4) is 0 Å². The van der Waals surface area contributed by atoms with E-state index < -0.39 is 6.04 Å². The highest BCUT2D eigenvalue weighted by Crippen LogP contribution is 2.38. The summed E-state index contributed by atoms with van der Waals surface area (Å²) >= 11 is 7.41. The van der Waals surface area contributed by atoms with Gasteiger partial charge in [0, 0.05) is 16.7 Å². The molecule has 2 heterocycles. The van der Waals surface area contributed by atoms with E-state index >= 15 is 0 Å². The van der Waals surface area contributed by atoms with Crippen molar-refractivity contribution < 1.29 is 5.11 Å². The van der Waals surface area contributed by atoms with Crippen molar-refractivity contribution in [3.8, 4) is 17.0 Å². The molecule has 0 saturated heterocycles. The first-order valence-electron chi connectivity index (χ1n) is 10.2. The van der Waals surface area contributed by atoms with Crippen LogP contribution in [0.4, 0.5) is 0 Å². The number of hydrogen-bond acceptors (Lipinski definition) is 5. The first-order chi connectivity index (χ1) is 16.1. The molecule has 172 valence electrons. The van der Waals surface area contributed by atoms with Gasteiger partial charge < -0.3 is 11.3 Å². The molecule has 5 aromatic rings. The van der Waals surface area contributed by atoms with E-state index in [1.165, 1.54) is 4.68 Å². The minimum absolute atomic E-state index is 0. The molecular formula is C25H22ClN5O2S. The maximum Gasteiger partial charge on any atom is 0.282 e. The molecule has 3 aromatic carbocycles. The van der Waals surface area contributed by atoms with Crippen LogP contribution in [0.25, 0.3) is 11.1 Å². The van der Waals surface area contributed by atoms with E-state index in [1.807, 2.05) is 79.0 Å². The molecular weight excluding hydrogens is 470 g/mol. The Morgan fingerprint density at radius 1 is 0.912 bits per heavy atom. The van der Waals surface area contributed by atoms with Crippen molar-refractivity contribution in [2.45, 2.75) is 15.8 Å². The van der Waals surface area contributed by atoms with E-state index in [-0.39, 0.29) is 22.5 Å². The zero-order valence-electron chi connectivity index (χ0n) is 18.0. The van der Waals surface area contributed by atoms with Gasteiger partial charge in [-0.15, -0.1) is 0 Å². The van der Waals surface area contributed by atoms with Gasteiger partial charge in [0.2, 0.25) is 5.88 Å². The maximum atomic E-state index is 12.8. The normalized spacial score (nSPS) is 11.7. The van der Waals surface area contributed by atoms with Crippen molar-refractivity contribution >= 4 is 23.4 Å². The zero-order valence-corrected chi connectivity index (χ0v) is 19.6. The van der Waals surface area contributed by atoms with Crippen LogP contribution in [0.1, 0.15) is 17.2 Å². The molecule has 6 N–H and O–H groups in total. The fraction of sp³-hybridized carbons (Fsp3) is 0.0400. The van der Waals surface area contributed by atoms with Crippen molar-refractivity contribution in [3.63, 3.8) is 0 Å². The standard InChI is InChI=1S/C25H19ClN4O2S.H3N/c26-20-8-4-5-9-21(20)33-23-24(31)29-30(25(23)32)22(17-6-2-1-3-7-17)18-12-10-16(11-13-18)19-14-27-28-15-19;/h1-15,22,32H,(H,27,28)(H,29,31);1H3. The van der Waals surface area contributed by atoms with Crippen LogP contribution in [0.2, 0.25) is 5.02 Å². The predicted octanol–water partition coefficient (Wildman–Crippen LogP) is 5.88. The molecule has 5 rings (SSSR count). The summed E-state index contributed by atoms with van der Waals surface area (Å²) in [4.78, 5) is 13.7. The SMILES string of the molecule is N.O=c1[nH]n(C(c2ccccc2)c2ccc(-c3cn[nH]c3)cc2)c(O)c1Sc1ccccc1Cl. The van der Waals surface area contributed by atoms with Crippen LogP contribution in [0.5, 0.6) is 5.88 Å². The zero-order chi connectivity index (χ0) is 22.8. The number of nitrogens with zero attached hydrogens (tertiary/aromatic N) is 2. The highest BCUT2D eigenvalue weighted by molar-refractivity contribution is 7.99. The first-order valence-corrected chi connectivity index (χ1v) is 11.4. The Morgan fingerprint density at radius 3 is 2.26 bits per heavy atom. The summed E-state index contributed by atoms with van der Waals surface area (Å²) in [7, 11) is 0. The minimum Gasteiger partial charge on any atom is -0.493 e. The van der Waals surface area contributed by atoms with E-state index in [2.05, 4.69) is 15.3 Å². The van der Waals surface area contributed by atoms with Gasteiger partial charge in [-0.05, 0) is 28.8 Å². The Morgan fingerprint density at radius 2 is 1.59 bits per heavy atom. The molecule has 0 aliphatic rings. The van der Waals surface area contributed by atoms with Gasteiger partial charge in [0.05, 0.1) is 11.2 Å². The topological polar surface area (TPSA) is 122 Å². The highest BCUT2D eigenvalue weighted by atomic mass is 35.5. The summed E-state index contributed by atoms with van der Waals surface area (Å²) in [6, 6.07) is 24.5. The van der Waals surface area contributed by atoms with Crippen LogP contribution in [0.15, 0.2) is 106 Å². The number of halogens is 1. The van der Waals surface area contributed by atoms with Gasteiger partial charge in [-0.3, -0.25) is 15.0 Å². The van der Waals surface area contributed by atoms with E-state index in [1.54, 1.807) is 12.3 Å². The Labute approximate surface area is 205 Å². The Bertz CT molecular complexity index is 1430. The van der Waals surface area contributed by atoms with Crippen molar-refractivity contribution in [2.75, 3.05) is 0 Å². The van der Waals surface area contributed by atoms with E-state index in [0.717, 1.165) is 34.0 Å². The molecule has 0 bridgehead atoms. The fourth-order valence-electron chi connectivity index (χ4n) is 3.73. The molecule has 0 aliphatic carbocycles. The molecule has 1 atom stereocenters. The van der Waals surface area contributed by atoms with Crippen LogP contribution >= 0.6 is 23.4 Å². The third kappa shape index (κ3) is 4.51.